The summed E-state index contributed by atoms with van der Waals surface area (Å²) in [5.74, 6) is -0.885. The van der Waals surface area contributed by atoms with Gasteiger partial charge in [0, 0.05) is 11.1 Å². The lowest BCUT2D eigenvalue weighted by Crippen LogP contribution is -2.21. The van der Waals surface area contributed by atoms with E-state index in [0.717, 1.165) is 10.8 Å². The highest BCUT2D eigenvalue weighted by atomic mass is 16.5. The summed E-state index contributed by atoms with van der Waals surface area (Å²) in [6.07, 6.45) is 0. The molecule has 0 heterocycles. The summed E-state index contributed by atoms with van der Waals surface area (Å²) >= 11 is 0. The molecule has 0 saturated carbocycles. The van der Waals surface area contributed by atoms with E-state index in [1.54, 1.807) is 24.3 Å². The van der Waals surface area contributed by atoms with Crippen molar-refractivity contribution in [3.63, 3.8) is 0 Å². The average Bonchev–Trinajstić information content (AvgIpc) is 2.61. The molecule has 3 aromatic carbocycles. The monoisotopic (exact) mass is 305 g/mol. The second kappa shape index (κ2) is 6.75. The quantitative estimate of drug-likeness (QED) is 0.749. The van der Waals surface area contributed by atoms with E-state index in [9.17, 15) is 9.59 Å². The van der Waals surface area contributed by atoms with Gasteiger partial charge < -0.3 is 10.1 Å². The van der Waals surface area contributed by atoms with E-state index in [1.807, 2.05) is 48.5 Å². The van der Waals surface area contributed by atoms with E-state index in [-0.39, 0.29) is 12.5 Å². The van der Waals surface area contributed by atoms with Gasteiger partial charge in [0.2, 0.25) is 0 Å². The number of nitrogens with one attached hydrogen (secondary N) is 1. The highest BCUT2D eigenvalue weighted by Gasteiger charge is 2.10. The molecule has 0 spiro atoms. The van der Waals surface area contributed by atoms with Crippen molar-refractivity contribution in [2.24, 2.45) is 0 Å². The molecule has 4 heteroatoms. The number of hydrogen-bond acceptors (Lipinski definition) is 3. The van der Waals surface area contributed by atoms with Crippen molar-refractivity contribution in [3.8, 4) is 0 Å². The predicted molar refractivity (Wildman–Crippen MR) is 89.3 cm³/mol. The van der Waals surface area contributed by atoms with Crippen molar-refractivity contribution in [1.29, 1.82) is 0 Å². The van der Waals surface area contributed by atoms with E-state index in [2.05, 4.69) is 5.32 Å². The third kappa shape index (κ3) is 3.55. The van der Waals surface area contributed by atoms with Gasteiger partial charge in [-0.1, -0.05) is 54.6 Å². The highest BCUT2D eigenvalue weighted by Crippen LogP contribution is 2.22. The van der Waals surface area contributed by atoms with Crippen LogP contribution >= 0.6 is 0 Å². The number of amides is 1. The van der Waals surface area contributed by atoms with Gasteiger partial charge in [0.25, 0.3) is 5.91 Å². The molecule has 0 unspecified atom stereocenters. The van der Waals surface area contributed by atoms with E-state index in [0.29, 0.717) is 11.3 Å². The summed E-state index contributed by atoms with van der Waals surface area (Å²) in [7, 11) is 0. The Morgan fingerprint density at radius 3 is 2.35 bits per heavy atom. The lowest BCUT2D eigenvalue weighted by Gasteiger charge is -2.09. The number of carbonyl (C=O) groups excluding carboxylic acids is 2. The molecule has 0 bridgehead atoms. The molecule has 0 saturated heterocycles. The fourth-order valence-electron chi connectivity index (χ4n) is 2.31. The molecule has 1 amide bonds. The number of benzene rings is 3. The lowest BCUT2D eigenvalue weighted by atomic mass is 10.1. The van der Waals surface area contributed by atoms with Gasteiger partial charge in [-0.15, -0.1) is 0 Å². The maximum Gasteiger partial charge on any atom is 0.338 e. The smallest absolute Gasteiger partial charge is 0.338 e. The largest absolute Gasteiger partial charge is 0.452 e. The number of esters is 1. The van der Waals surface area contributed by atoms with Crippen LogP contribution in [0.2, 0.25) is 0 Å². The summed E-state index contributed by atoms with van der Waals surface area (Å²) in [6.45, 7) is -0.322. The average molecular weight is 305 g/mol. The Labute approximate surface area is 133 Å². The van der Waals surface area contributed by atoms with Crippen molar-refractivity contribution in [2.45, 2.75) is 0 Å². The van der Waals surface area contributed by atoms with Gasteiger partial charge in [-0.25, -0.2) is 4.79 Å². The Kier molecular flexibility index (Phi) is 4.34. The highest BCUT2D eigenvalue weighted by molar-refractivity contribution is 6.03. The summed E-state index contributed by atoms with van der Waals surface area (Å²) < 4.78 is 5.02. The molecule has 0 aliphatic rings. The van der Waals surface area contributed by atoms with Crippen LogP contribution in [-0.2, 0) is 9.53 Å². The Hall–Kier alpha value is -3.14. The molecule has 3 rings (SSSR count). The zero-order chi connectivity index (χ0) is 16.1. The van der Waals surface area contributed by atoms with E-state index >= 15 is 0 Å². The third-order valence-corrected chi connectivity index (χ3v) is 3.41. The van der Waals surface area contributed by atoms with Crippen molar-refractivity contribution >= 4 is 28.3 Å². The second-order valence-corrected chi connectivity index (χ2v) is 5.02. The Morgan fingerprint density at radius 2 is 1.52 bits per heavy atom. The third-order valence-electron chi connectivity index (χ3n) is 3.41. The molecule has 4 nitrogen and oxygen atoms in total. The Balaban J connectivity index is 1.64. The first-order valence-corrected chi connectivity index (χ1v) is 7.24. The summed E-state index contributed by atoms with van der Waals surface area (Å²) in [5.41, 5.74) is 1.12. The molecule has 0 aromatic heterocycles. The van der Waals surface area contributed by atoms with E-state index < -0.39 is 5.97 Å². The topological polar surface area (TPSA) is 55.4 Å². The SMILES string of the molecule is O=C(COC(=O)c1ccccc1)Nc1cccc2ccccc12. The second-order valence-electron chi connectivity index (χ2n) is 5.02. The van der Waals surface area contributed by atoms with Gasteiger partial charge >= 0.3 is 5.97 Å². The fraction of sp³-hybridized carbons (Fsp3) is 0.0526. The molecule has 0 atom stereocenters. The van der Waals surface area contributed by atoms with Crippen molar-refractivity contribution in [2.75, 3.05) is 11.9 Å². The first-order chi connectivity index (χ1) is 11.2. The van der Waals surface area contributed by atoms with E-state index in [4.69, 9.17) is 4.74 Å². The van der Waals surface area contributed by atoms with Gasteiger partial charge in [0.1, 0.15) is 0 Å². The molecule has 0 aliphatic carbocycles. The molecule has 1 N–H and O–H groups in total. The maximum atomic E-state index is 12.0. The zero-order valence-electron chi connectivity index (χ0n) is 12.4. The standard InChI is InChI=1S/C19H15NO3/c21-18(13-23-19(22)15-8-2-1-3-9-15)20-17-12-6-10-14-7-4-5-11-16(14)17/h1-12H,13H2,(H,20,21). The number of ether oxygens (including phenoxy) is 1. The van der Waals surface area contributed by atoms with Crippen LogP contribution in [0, 0.1) is 0 Å². The van der Waals surface area contributed by atoms with Crippen LogP contribution < -0.4 is 5.32 Å². The van der Waals surface area contributed by atoms with Crippen molar-refractivity contribution in [3.05, 3.63) is 78.4 Å². The van der Waals surface area contributed by atoms with Crippen LogP contribution in [0.15, 0.2) is 72.8 Å². The minimum absolute atomic E-state index is 0.322. The van der Waals surface area contributed by atoms with Crippen LogP contribution in [0.5, 0.6) is 0 Å². The molecule has 0 fully saturated rings. The molecular formula is C19H15NO3. The summed E-state index contributed by atoms with van der Waals surface area (Å²) in [5, 5.41) is 4.75. The van der Waals surface area contributed by atoms with Crippen LogP contribution in [-0.4, -0.2) is 18.5 Å². The maximum absolute atomic E-state index is 12.0. The van der Waals surface area contributed by atoms with Crippen molar-refractivity contribution in [1.82, 2.24) is 0 Å². The fourth-order valence-corrected chi connectivity index (χ4v) is 2.31. The number of fused-ring (bicyclic) bond motifs is 1. The van der Waals surface area contributed by atoms with Gasteiger partial charge in [-0.3, -0.25) is 4.79 Å². The van der Waals surface area contributed by atoms with Gasteiger partial charge in [-0.05, 0) is 23.6 Å². The number of hydrogen-bond donors (Lipinski definition) is 1. The van der Waals surface area contributed by atoms with Crippen LogP contribution in [0.3, 0.4) is 0 Å². The van der Waals surface area contributed by atoms with Crippen LogP contribution in [0.1, 0.15) is 10.4 Å². The van der Waals surface area contributed by atoms with Gasteiger partial charge in [0.15, 0.2) is 6.61 Å². The Morgan fingerprint density at radius 1 is 0.826 bits per heavy atom. The zero-order valence-corrected chi connectivity index (χ0v) is 12.4. The van der Waals surface area contributed by atoms with Gasteiger partial charge in [0.05, 0.1) is 5.56 Å². The number of anilines is 1. The van der Waals surface area contributed by atoms with Crippen LogP contribution in [0.4, 0.5) is 5.69 Å². The van der Waals surface area contributed by atoms with Crippen molar-refractivity contribution < 1.29 is 14.3 Å². The lowest BCUT2D eigenvalue weighted by molar-refractivity contribution is -0.119. The minimum atomic E-state index is -0.515. The van der Waals surface area contributed by atoms with E-state index in [1.165, 1.54) is 0 Å². The molecule has 3 aromatic rings. The normalized spacial score (nSPS) is 10.3. The first kappa shape index (κ1) is 14.8. The summed E-state index contributed by atoms with van der Waals surface area (Å²) in [6, 6.07) is 22.0. The number of rotatable bonds is 4. The summed E-state index contributed by atoms with van der Waals surface area (Å²) in [4.78, 5) is 23.8. The minimum Gasteiger partial charge on any atom is -0.452 e. The molecule has 23 heavy (non-hydrogen) atoms. The Bertz CT molecular complexity index is 838. The van der Waals surface area contributed by atoms with Gasteiger partial charge in [-0.2, -0.15) is 0 Å². The molecule has 0 aliphatic heterocycles. The van der Waals surface area contributed by atoms with Crippen LogP contribution in [0.25, 0.3) is 10.8 Å². The molecule has 114 valence electrons. The first-order valence-electron chi connectivity index (χ1n) is 7.24. The predicted octanol–water partition coefficient (Wildman–Crippen LogP) is 3.64. The molecule has 0 radical (unpaired) electrons. The molecular weight excluding hydrogens is 290 g/mol. The number of carbonyl (C=O) groups is 2.